The van der Waals surface area contributed by atoms with Gasteiger partial charge in [-0.05, 0) is 37.6 Å². The van der Waals surface area contributed by atoms with Crippen molar-refractivity contribution < 1.29 is 0 Å². The van der Waals surface area contributed by atoms with Crippen molar-refractivity contribution in [1.82, 2.24) is 4.90 Å². The molecule has 0 aromatic rings. The fourth-order valence-corrected chi connectivity index (χ4v) is 2.39. The van der Waals surface area contributed by atoms with E-state index in [-0.39, 0.29) is 0 Å². The van der Waals surface area contributed by atoms with Crippen LogP contribution in [0.25, 0.3) is 0 Å². The van der Waals surface area contributed by atoms with Gasteiger partial charge in [-0.2, -0.15) is 0 Å². The minimum Gasteiger partial charge on any atom is -0.303 e. The minimum absolute atomic E-state index is 0.486. The Kier molecular flexibility index (Phi) is 3.39. The average molecular weight is 183 g/mol. The lowest BCUT2D eigenvalue weighted by atomic mass is 9.83. The molecule has 2 atom stereocenters. The molecule has 1 heteroatoms. The Hall–Kier alpha value is -0.0400. The summed E-state index contributed by atoms with van der Waals surface area (Å²) in [5.41, 5.74) is 0.486. The third-order valence-electron chi connectivity index (χ3n) is 3.06. The third-order valence-corrected chi connectivity index (χ3v) is 3.06. The highest BCUT2D eigenvalue weighted by atomic mass is 15.1. The van der Waals surface area contributed by atoms with Crippen molar-refractivity contribution in [3.8, 4) is 0 Å². The van der Waals surface area contributed by atoms with E-state index in [4.69, 9.17) is 0 Å². The first-order chi connectivity index (χ1) is 5.88. The number of hydrogen-bond donors (Lipinski definition) is 0. The van der Waals surface area contributed by atoms with Crippen molar-refractivity contribution in [3.05, 3.63) is 0 Å². The van der Waals surface area contributed by atoms with Gasteiger partial charge in [0.05, 0.1) is 0 Å². The molecule has 0 aromatic heterocycles. The van der Waals surface area contributed by atoms with E-state index in [1.54, 1.807) is 0 Å². The van der Waals surface area contributed by atoms with Gasteiger partial charge in [0.15, 0.2) is 0 Å². The third kappa shape index (κ3) is 3.68. The molecule has 0 radical (unpaired) electrons. The SMILES string of the molecule is CC1CCC(CC(C)(C)C)N(C)C1. The summed E-state index contributed by atoms with van der Waals surface area (Å²) in [5, 5.41) is 0. The van der Waals surface area contributed by atoms with Gasteiger partial charge in [-0.3, -0.25) is 0 Å². The predicted molar refractivity (Wildman–Crippen MR) is 58.9 cm³/mol. The standard InChI is InChI=1S/C12H25N/c1-10-6-7-11(13(5)9-10)8-12(2,3)4/h10-11H,6-9H2,1-5H3. The van der Waals surface area contributed by atoms with Gasteiger partial charge in [0, 0.05) is 12.6 Å². The Balaban J connectivity index is 2.43. The molecule has 78 valence electrons. The fourth-order valence-electron chi connectivity index (χ4n) is 2.39. The van der Waals surface area contributed by atoms with Crippen LogP contribution in [0.1, 0.15) is 47.0 Å². The van der Waals surface area contributed by atoms with Crippen LogP contribution in [0.4, 0.5) is 0 Å². The Morgan fingerprint density at radius 2 is 1.85 bits per heavy atom. The molecule has 1 nitrogen and oxygen atoms in total. The van der Waals surface area contributed by atoms with Gasteiger partial charge in [-0.25, -0.2) is 0 Å². The Bertz CT molecular complexity index is 157. The van der Waals surface area contributed by atoms with E-state index in [9.17, 15) is 0 Å². The number of rotatable bonds is 1. The van der Waals surface area contributed by atoms with E-state index in [1.165, 1.54) is 25.8 Å². The Morgan fingerprint density at radius 1 is 1.23 bits per heavy atom. The summed E-state index contributed by atoms with van der Waals surface area (Å²) in [6.45, 7) is 10.7. The Labute approximate surface area is 83.5 Å². The van der Waals surface area contributed by atoms with E-state index >= 15 is 0 Å². The molecule has 2 unspecified atom stereocenters. The summed E-state index contributed by atoms with van der Waals surface area (Å²) in [6.07, 6.45) is 4.16. The van der Waals surface area contributed by atoms with Gasteiger partial charge < -0.3 is 4.90 Å². The molecule has 1 fully saturated rings. The predicted octanol–water partition coefficient (Wildman–Crippen LogP) is 3.15. The summed E-state index contributed by atoms with van der Waals surface area (Å²) in [7, 11) is 2.28. The molecule has 0 saturated carbocycles. The average Bonchev–Trinajstić information content (AvgIpc) is 1.93. The van der Waals surface area contributed by atoms with Crippen LogP contribution in [0.3, 0.4) is 0 Å². The molecule has 13 heavy (non-hydrogen) atoms. The van der Waals surface area contributed by atoms with Gasteiger partial charge in [0.2, 0.25) is 0 Å². The van der Waals surface area contributed by atoms with Crippen LogP contribution in [-0.2, 0) is 0 Å². The molecule has 1 aliphatic heterocycles. The summed E-state index contributed by atoms with van der Waals surface area (Å²) in [6, 6.07) is 0.830. The molecule has 0 N–H and O–H groups in total. The second kappa shape index (κ2) is 4.00. The maximum atomic E-state index is 2.55. The number of nitrogens with zero attached hydrogens (tertiary/aromatic N) is 1. The highest BCUT2D eigenvalue weighted by molar-refractivity contribution is 4.81. The lowest BCUT2D eigenvalue weighted by molar-refractivity contribution is 0.109. The second-order valence-electron chi connectivity index (χ2n) is 6.04. The van der Waals surface area contributed by atoms with E-state index in [2.05, 4.69) is 39.6 Å². The molecule has 0 amide bonds. The van der Waals surface area contributed by atoms with Crippen LogP contribution in [0.2, 0.25) is 0 Å². The van der Waals surface area contributed by atoms with E-state index in [1.807, 2.05) is 0 Å². The first kappa shape index (κ1) is 11.0. The second-order valence-corrected chi connectivity index (χ2v) is 6.04. The largest absolute Gasteiger partial charge is 0.303 e. The first-order valence-electron chi connectivity index (χ1n) is 5.59. The van der Waals surface area contributed by atoms with E-state index in [0.29, 0.717) is 5.41 Å². The van der Waals surface area contributed by atoms with Crippen LogP contribution in [-0.4, -0.2) is 24.5 Å². The monoisotopic (exact) mass is 183 g/mol. The fraction of sp³-hybridized carbons (Fsp3) is 1.00. The molecular formula is C12H25N. The molecule has 0 aromatic carbocycles. The quantitative estimate of drug-likeness (QED) is 0.603. The van der Waals surface area contributed by atoms with Crippen molar-refractivity contribution in [2.24, 2.45) is 11.3 Å². The first-order valence-corrected chi connectivity index (χ1v) is 5.59. The minimum atomic E-state index is 0.486. The summed E-state index contributed by atoms with van der Waals surface area (Å²) >= 11 is 0. The number of piperidine rings is 1. The van der Waals surface area contributed by atoms with Crippen LogP contribution in [0.5, 0.6) is 0 Å². The van der Waals surface area contributed by atoms with Crippen LogP contribution >= 0.6 is 0 Å². The smallest absolute Gasteiger partial charge is 0.00974 e. The molecule has 0 bridgehead atoms. The van der Waals surface area contributed by atoms with Gasteiger partial charge in [-0.1, -0.05) is 27.7 Å². The normalized spacial score (nSPS) is 32.1. The van der Waals surface area contributed by atoms with E-state index in [0.717, 1.165) is 12.0 Å². The summed E-state index contributed by atoms with van der Waals surface area (Å²) in [4.78, 5) is 2.55. The molecule has 0 spiro atoms. The van der Waals surface area contributed by atoms with Crippen molar-refractivity contribution in [2.45, 2.75) is 53.0 Å². The molecule has 1 heterocycles. The topological polar surface area (TPSA) is 3.24 Å². The summed E-state index contributed by atoms with van der Waals surface area (Å²) < 4.78 is 0. The maximum absolute atomic E-state index is 2.55. The molecule has 1 aliphatic rings. The van der Waals surface area contributed by atoms with E-state index < -0.39 is 0 Å². The highest BCUT2D eigenvalue weighted by Crippen LogP contribution is 2.29. The van der Waals surface area contributed by atoms with Crippen LogP contribution in [0.15, 0.2) is 0 Å². The highest BCUT2D eigenvalue weighted by Gasteiger charge is 2.26. The lowest BCUT2D eigenvalue weighted by Crippen LogP contribution is -2.41. The zero-order valence-electron chi connectivity index (χ0n) is 9.93. The molecule has 0 aliphatic carbocycles. The summed E-state index contributed by atoms with van der Waals surface area (Å²) in [5.74, 6) is 0.904. The van der Waals surface area contributed by atoms with Crippen molar-refractivity contribution in [3.63, 3.8) is 0 Å². The van der Waals surface area contributed by atoms with Gasteiger partial charge >= 0.3 is 0 Å². The zero-order chi connectivity index (χ0) is 10.1. The molecule has 1 saturated heterocycles. The lowest BCUT2D eigenvalue weighted by Gasteiger charge is -2.39. The van der Waals surface area contributed by atoms with Gasteiger partial charge in [0.1, 0.15) is 0 Å². The van der Waals surface area contributed by atoms with Gasteiger partial charge in [-0.15, -0.1) is 0 Å². The number of likely N-dealkylation sites (tertiary alicyclic amines) is 1. The number of hydrogen-bond acceptors (Lipinski definition) is 1. The maximum Gasteiger partial charge on any atom is 0.00974 e. The van der Waals surface area contributed by atoms with Crippen LogP contribution in [0, 0.1) is 11.3 Å². The van der Waals surface area contributed by atoms with Crippen molar-refractivity contribution in [2.75, 3.05) is 13.6 Å². The Morgan fingerprint density at radius 3 is 2.31 bits per heavy atom. The van der Waals surface area contributed by atoms with Crippen LogP contribution < -0.4 is 0 Å². The molecular weight excluding hydrogens is 158 g/mol. The van der Waals surface area contributed by atoms with Crippen molar-refractivity contribution >= 4 is 0 Å². The van der Waals surface area contributed by atoms with Crippen molar-refractivity contribution in [1.29, 1.82) is 0 Å². The van der Waals surface area contributed by atoms with Gasteiger partial charge in [0.25, 0.3) is 0 Å². The molecule has 1 rings (SSSR count). The zero-order valence-corrected chi connectivity index (χ0v) is 9.93.